The zero-order valence-electron chi connectivity index (χ0n) is 17.7. The third-order valence-electron chi connectivity index (χ3n) is 6.11. The summed E-state index contributed by atoms with van der Waals surface area (Å²) in [6.07, 6.45) is 4.62. The number of pyridine rings is 1. The number of rotatable bonds is 4. The van der Waals surface area contributed by atoms with Gasteiger partial charge in [-0.3, -0.25) is 14.4 Å². The Morgan fingerprint density at radius 1 is 1.27 bits per heavy atom. The molecule has 2 aliphatic heterocycles. The summed E-state index contributed by atoms with van der Waals surface area (Å²) in [5, 5.41) is 0.453. The standard InChI is InChI=1S/C21H28N6O3/c1-13(27-9-5-7-18(27)28)20(30)26-8-4-6-14(12-26)16-10-17-15(19(29)23-16)11-22-21(24-17)25(2)3/h10-11,13-14H,4-9,12H2,1-3H3,(H,23,29)/t13-,14+/m1/s1. The fourth-order valence-corrected chi connectivity index (χ4v) is 4.39. The van der Waals surface area contributed by atoms with Gasteiger partial charge in [-0.2, -0.15) is 0 Å². The first-order valence-corrected chi connectivity index (χ1v) is 10.5. The Morgan fingerprint density at radius 3 is 2.77 bits per heavy atom. The molecule has 4 heterocycles. The van der Waals surface area contributed by atoms with Gasteiger partial charge in [0.05, 0.1) is 10.9 Å². The fraction of sp³-hybridized carbons (Fsp3) is 0.571. The first-order valence-electron chi connectivity index (χ1n) is 10.5. The Kier molecular flexibility index (Phi) is 5.44. The molecule has 0 saturated carbocycles. The minimum absolute atomic E-state index is 0.0182. The van der Waals surface area contributed by atoms with Crippen molar-refractivity contribution >= 4 is 28.7 Å². The molecule has 9 nitrogen and oxygen atoms in total. The number of anilines is 1. The van der Waals surface area contributed by atoms with E-state index in [-0.39, 0.29) is 23.3 Å². The summed E-state index contributed by atoms with van der Waals surface area (Å²) < 4.78 is 0. The quantitative estimate of drug-likeness (QED) is 0.807. The van der Waals surface area contributed by atoms with Crippen molar-refractivity contribution in [2.75, 3.05) is 38.6 Å². The summed E-state index contributed by atoms with van der Waals surface area (Å²) in [5.74, 6) is 0.609. The van der Waals surface area contributed by atoms with Crippen molar-refractivity contribution in [2.24, 2.45) is 0 Å². The molecular formula is C21H28N6O3. The van der Waals surface area contributed by atoms with Gasteiger partial charge in [-0.1, -0.05) is 0 Å². The second-order valence-electron chi connectivity index (χ2n) is 8.41. The molecule has 0 spiro atoms. The predicted octanol–water partition coefficient (Wildman–Crippen LogP) is 1.10. The van der Waals surface area contributed by atoms with Crippen molar-refractivity contribution in [3.8, 4) is 0 Å². The monoisotopic (exact) mass is 412 g/mol. The molecule has 9 heteroatoms. The molecule has 2 saturated heterocycles. The van der Waals surface area contributed by atoms with Crippen molar-refractivity contribution in [1.29, 1.82) is 0 Å². The molecule has 4 rings (SSSR count). The van der Waals surface area contributed by atoms with E-state index in [1.807, 2.05) is 32.0 Å². The maximum absolute atomic E-state index is 13.0. The summed E-state index contributed by atoms with van der Waals surface area (Å²) >= 11 is 0. The minimum atomic E-state index is -0.440. The van der Waals surface area contributed by atoms with Gasteiger partial charge in [0, 0.05) is 58.0 Å². The van der Waals surface area contributed by atoms with E-state index in [9.17, 15) is 14.4 Å². The molecule has 0 aliphatic carbocycles. The van der Waals surface area contributed by atoms with Crippen LogP contribution in [0.4, 0.5) is 5.95 Å². The minimum Gasteiger partial charge on any atom is -0.347 e. The third kappa shape index (κ3) is 3.76. The van der Waals surface area contributed by atoms with Crippen LogP contribution >= 0.6 is 0 Å². The highest BCUT2D eigenvalue weighted by atomic mass is 16.2. The molecule has 1 N–H and O–H groups in total. The number of amides is 2. The maximum Gasteiger partial charge on any atom is 0.259 e. The number of fused-ring (bicyclic) bond motifs is 1. The topological polar surface area (TPSA) is 102 Å². The normalized spacial score (nSPS) is 20.6. The van der Waals surface area contributed by atoms with Crippen LogP contribution in [0.25, 0.3) is 10.9 Å². The van der Waals surface area contributed by atoms with Crippen LogP contribution in [0.3, 0.4) is 0 Å². The smallest absolute Gasteiger partial charge is 0.259 e. The number of carbonyl (C=O) groups excluding carboxylic acids is 2. The molecule has 2 aromatic rings. The van der Waals surface area contributed by atoms with Gasteiger partial charge >= 0.3 is 0 Å². The van der Waals surface area contributed by atoms with Crippen LogP contribution in [0, 0.1) is 0 Å². The van der Waals surface area contributed by atoms with Gasteiger partial charge in [0.2, 0.25) is 17.8 Å². The second kappa shape index (κ2) is 8.04. The lowest BCUT2D eigenvalue weighted by Crippen LogP contribution is -2.50. The van der Waals surface area contributed by atoms with E-state index in [4.69, 9.17) is 0 Å². The number of nitrogens with zero attached hydrogens (tertiary/aromatic N) is 5. The summed E-state index contributed by atoms with van der Waals surface area (Å²) in [7, 11) is 3.71. The first kappa shape index (κ1) is 20.3. The van der Waals surface area contributed by atoms with Gasteiger partial charge < -0.3 is 19.7 Å². The predicted molar refractivity (Wildman–Crippen MR) is 113 cm³/mol. The van der Waals surface area contributed by atoms with Crippen LogP contribution in [0.1, 0.15) is 44.2 Å². The van der Waals surface area contributed by atoms with Gasteiger partial charge in [0.1, 0.15) is 6.04 Å². The lowest BCUT2D eigenvalue weighted by molar-refractivity contribution is -0.143. The number of aromatic nitrogens is 3. The SMILES string of the molecule is C[C@H](C(=O)N1CCC[C@H](c2cc3nc(N(C)C)ncc3c(=O)[nH]2)C1)N1CCCC1=O. The van der Waals surface area contributed by atoms with Crippen LogP contribution in [0.15, 0.2) is 17.1 Å². The number of nitrogens with one attached hydrogen (secondary N) is 1. The molecule has 2 amide bonds. The molecule has 2 fully saturated rings. The molecular weight excluding hydrogens is 384 g/mol. The maximum atomic E-state index is 13.0. The van der Waals surface area contributed by atoms with Crippen molar-refractivity contribution < 1.29 is 9.59 Å². The highest BCUT2D eigenvalue weighted by molar-refractivity contribution is 5.88. The Balaban J connectivity index is 1.56. The number of likely N-dealkylation sites (tertiary alicyclic amines) is 2. The number of piperidine rings is 1. The zero-order valence-corrected chi connectivity index (χ0v) is 17.7. The largest absolute Gasteiger partial charge is 0.347 e. The molecule has 160 valence electrons. The summed E-state index contributed by atoms with van der Waals surface area (Å²) in [6.45, 7) is 3.66. The first-order chi connectivity index (χ1) is 14.3. The second-order valence-corrected chi connectivity index (χ2v) is 8.41. The molecule has 0 aromatic carbocycles. The Hall–Kier alpha value is -2.97. The molecule has 30 heavy (non-hydrogen) atoms. The fourth-order valence-electron chi connectivity index (χ4n) is 4.39. The molecule has 2 aliphatic rings. The van der Waals surface area contributed by atoms with Crippen LogP contribution in [0.5, 0.6) is 0 Å². The Labute approximate surface area is 175 Å². The van der Waals surface area contributed by atoms with Crippen LogP contribution in [-0.4, -0.2) is 76.3 Å². The average molecular weight is 412 g/mol. The van der Waals surface area contributed by atoms with Gasteiger partial charge in [-0.15, -0.1) is 0 Å². The summed E-state index contributed by atoms with van der Waals surface area (Å²) in [6, 6.07) is 1.46. The average Bonchev–Trinajstić information content (AvgIpc) is 3.18. The van der Waals surface area contributed by atoms with E-state index < -0.39 is 6.04 Å². The highest BCUT2D eigenvalue weighted by Crippen LogP contribution is 2.27. The van der Waals surface area contributed by atoms with E-state index in [0.29, 0.717) is 42.9 Å². The summed E-state index contributed by atoms with van der Waals surface area (Å²) in [5.41, 5.74) is 1.18. The number of hydrogen-bond donors (Lipinski definition) is 1. The van der Waals surface area contributed by atoms with E-state index in [1.165, 1.54) is 0 Å². The molecule has 0 bridgehead atoms. The van der Waals surface area contributed by atoms with Crippen molar-refractivity contribution in [2.45, 2.75) is 44.6 Å². The van der Waals surface area contributed by atoms with Gasteiger partial charge in [0.25, 0.3) is 5.56 Å². The van der Waals surface area contributed by atoms with Crippen LogP contribution in [-0.2, 0) is 9.59 Å². The zero-order chi connectivity index (χ0) is 21.4. The molecule has 0 unspecified atom stereocenters. The summed E-state index contributed by atoms with van der Waals surface area (Å²) in [4.78, 5) is 54.6. The number of hydrogen-bond acceptors (Lipinski definition) is 6. The van der Waals surface area contributed by atoms with E-state index >= 15 is 0 Å². The van der Waals surface area contributed by atoms with E-state index in [0.717, 1.165) is 25.0 Å². The highest BCUT2D eigenvalue weighted by Gasteiger charge is 2.34. The Morgan fingerprint density at radius 2 is 2.07 bits per heavy atom. The lowest BCUT2D eigenvalue weighted by Gasteiger charge is -2.36. The van der Waals surface area contributed by atoms with Crippen molar-refractivity contribution in [3.63, 3.8) is 0 Å². The van der Waals surface area contributed by atoms with Crippen LogP contribution < -0.4 is 10.5 Å². The molecule has 0 radical (unpaired) electrons. The number of carbonyl (C=O) groups is 2. The number of aromatic amines is 1. The molecule has 2 aromatic heterocycles. The molecule has 2 atom stereocenters. The van der Waals surface area contributed by atoms with Gasteiger partial charge in [0.15, 0.2) is 0 Å². The van der Waals surface area contributed by atoms with Crippen LogP contribution in [0.2, 0.25) is 0 Å². The Bertz CT molecular complexity index is 1030. The third-order valence-corrected chi connectivity index (χ3v) is 6.11. The van der Waals surface area contributed by atoms with E-state index in [2.05, 4.69) is 15.0 Å². The number of H-pyrrole nitrogens is 1. The van der Waals surface area contributed by atoms with Crippen molar-refractivity contribution in [3.05, 3.63) is 28.3 Å². The van der Waals surface area contributed by atoms with Crippen molar-refractivity contribution in [1.82, 2.24) is 24.8 Å². The van der Waals surface area contributed by atoms with Gasteiger partial charge in [-0.05, 0) is 32.3 Å². The van der Waals surface area contributed by atoms with E-state index in [1.54, 1.807) is 16.0 Å². The lowest BCUT2D eigenvalue weighted by atomic mass is 9.93. The van der Waals surface area contributed by atoms with Gasteiger partial charge in [-0.25, -0.2) is 9.97 Å².